The maximum Gasteiger partial charge on any atom is 0.170 e. The number of hydrogen-bond donors (Lipinski definition) is 1. The Kier molecular flexibility index (Phi) is 4.43. The fourth-order valence-corrected chi connectivity index (χ4v) is 3.84. The van der Waals surface area contributed by atoms with E-state index in [4.69, 9.17) is 0 Å². The Balaban J connectivity index is 1.82. The molecule has 2 fully saturated rings. The summed E-state index contributed by atoms with van der Waals surface area (Å²) in [5.41, 5.74) is 0.730. The Hall–Kier alpha value is -1.16. The minimum Gasteiger partial charge on any atom is -0.351 e. The SMILES string of the molecule is CC(C)NCc1ccnc(N2CCCC3CCCC32)c1F. The van der Waals surface area contributed by atoms with Crippen molar-refractivity contribution in [3.8, 4) is 0 Å². The first-order valence-corrected chi connectivity index (χ1v) is 8.30. The molecular weight excluding hydrogens is 265 g/mol. The van der Waals surface area contributed by atoms with Crippen molar-refractivity contribution in [1.82, 2.24) is 10.3 Å². The van der Waals surface area contributed by atoms with Gasteiger partial charge in [0.1, 0.15) is 0 Å². The number of rotatable bonds is 4. The third-order valence-corrected chi connectivity index (χ3v) is 4.92. The van der Waals surface area contributed by atoms with Crippen molar-refractivity contribution in [2.24, 2.45) is 5.92 Å². The van der Waals surface area contributed by atoms with Gasteiger partial charge in [-0.05, 0) is 37.7 Å². The van der Waals surface area contributed by atoms with Gasteiger partial charge in [-0.15, -0.1) is 0 Å². The van der Waals surface area contributed by atoms with E-state index in [1.807, 2.05) is 0 Å². The summed E-state index contributed by atoms with van der Waals surface area (Å²) in [7, 11) is 0. The Morgan fingerprint density at radius 2 is 2.14 bits per heavy atom. The van der Waals surface area contributed by atoms with Crippen LogP contribution < -0.4 is 10.2 Å². The average molecular weight is 291 g/mol. The molecule has 0 spiro atoms. The molecule has 21 heavy (non-hydrogen) atoms. The van der Waals surface area contributed by atoms with E-state index in [-0.39, 0.29) is 5.82 Å². The molecule has 0 aromatic carbocycles. The first-order valence-electron chi connectivity index (χ1n) is 8.30. The summed E-state index contributed by atoms with van der Waals surface area (Å²) < 4.78 is 14.8. The van der Waals surface area contributed by atoms with Gasteiger partial charge in [0, 0.05) is 36.9 Å². The second-order valence-corrected chi connectivity index (χ2v) is 6.74. The first-order chi connectivity index (χ1) is 10.2. The highest BCUT2D eigenvalue weighted by Crippen LogP contribution is 2.39. The number of fused-ring (bicyclic) bond motifs is 1. The summed E-state index contributed by atoms with van der Waals surface area (Å²) in [4.78, 5) is 6.62. The molecule has 1 aromatic heterocycles. The second kappa shape index (κ2) is 6.30. The molecule has 0 bridgehead atoms. The van der Waals surface area contributed by atoms with Crippen LogP contribution in [0.1, 0.15) is 51.5 Å². The first kappa shape index (κ1) is 14.8. The Bertz CT molecular complexity index is 489. The van der Waals surface area contributed by atoms with Crippen LogP contribution in [-0.4, -0.2) is 23.6 Å². The molecule has 1 aliphatic carbocycles. The lowest BCUT2D eigenvalue weighted by atomic mass is 9.92. The van der Waals surface area contributed by atoms with Crippen molar-refractivity contribution >= 4 is 5.82 Å². The number of nitrogens with zero attached hydrogens (tertiary/aromatic N) is 2. The van der Waals surface area contributed by atoms with Crippen LogP contribution in [0.15, 0.2) is 12.3 Å². The molecule has 4 heteroatoms. The maximum absolute atomic E-state index is 14.8. The summed E-state index contributed by atoms with van der Waals surface area (Å²) in [5.74, 6) is 1.20. The predicted octanol–water partition coefficient (Wildman–Crippen LogP) is 3.49. The molecule has 0 radical (unpaired) electrons. The standard InChI is InChI=1S/C17H26FN3/c1-12(2)20-11-14-8-9-19-17(16(14)18)21-10-4-6-13-5-3-7-15(13)21/h8-9,12-13,15,20H,3-7,10-11H2,1-2H3. The second-order valence-electron chi connectivity index (χ2n) is 6.74. The largest absolute Gasteiger partial charge is 0.351 e. The Morgan fingerprint density at radius 1 is 1.33 bits per heavy atom. The van der Waals surface area contributed by atoms with Gasteiger partial charge in [-0.25, -0.2) is 9.37 Å². The van der Waals surface area contributed by atoms with Gasteiger partial charge in [0.15, 0.2) is 11.6 Å². The third-order valence-electron chi connectivity index (χ3n) is 4.92. The molecular formula is C17H26FN3. The zero-order chi connectivity index (χ0) is 14.8. The van der Waals surface area contributed by atoms with Crippen molar-refractivity contribution in [1.29, 1.82) is 0 Å². The van der Waals surface area contributed by atoms with E-state index in [2.05, 4.69) is 29.0 Å². The van der Waals surface area contributed by atoms with Crippen LogP contribution in [0, 0.1) is 11.7 Å². The molecule has 1 saturated heterocycles. The van der Waals surface area contributed by atoms with Crippen LogP contribution in [-0.2, 0) is 6.54 Å². The van der Waals surface area contributed by atoms with Crippen LogP contribution in [0.4, 0.5) is 10.2 Å². The van der Waals surface area contributed by atoms with E-state index in [0.29, 0.717) is 24.4 Å². The lowest BCUT2D eigenvalue weighted by molar-refractivity contribution is 0.356. The molecule has 1 N–H and O–H groups in total. The van der Waals surface area contributed by atoms with E-state index in [1.165, 1.54) is 25.7 Å². The van der Waals surface area contributed by atoms with Crippen molar-refractivity contribution in [2.45, 2.75) is 64.6 Å². The van der Waals surface area contributed by atoms with Gasteiger partial charge in [0.25, 0.3) is 0 Å². The summed E-state index contributed by atoms with van der Waals surface area (Å²) in [6, 6.07) is 2.66. The molecule has 3 nitrogen and oxygen atoms in total. The minimum absolute atomic E-state index is 0.127. The minimum atomic E-state index is -0.127. The summed E-state index contributed by atoms with van der Waals surface area (Å²) in [5, 5.41) is 3.29. The van der Waals surface area contributed by atoms with Crippen LogP contribution in [0.5, 0.6) is 0 Å². The number of anilines is 1. The quantitative estimate of drug-likeness (QED) is 0.920. The van der Waals surface area contributed by atoms with Gasteiger partial charge in [-0.2, -0.15) is 0 Å². The topological polar surface area (TPSA) is 28.2 Å². The predicted molar refractivity (Wildman–Crippen MR) is 83.9 cm³/mol. The normalized spacial score (nSPS) is 25.4. The summed E-state index contributed by atoms with van der Waals surface area (Å²) in [6.45, 7) is 5.68. The molecule has 2 aliphatic rings. The van der Waals surface area contributed by atoms with Gasteiger partial charge in [0.05, 0.1) is 0 Å². The lowest BCUT2D eigenvalue weighted by Gasteiger charge is -2.39. The van der Waals surface area contributed by atoms with E-state index in [9.17, 15) is 4.39 Å². The van der Waals surface area contributed by atoms with E-state index >= 15 is 0 Å². The van der Waals surface area contributed by atoms with Crippen LogP contribution >= 0.6 is 0 Å². The molecule has 2 unspecified atom stereocenters. The van der Waals surface area contributed by atoms with Crippen molar-refractivity contribution in [3.63, 3.8) is 0 Å². The van der Waals surface area contributed by atoms with Crippen LogP contribution in [0.25, 0.3) is 0 Å². The maximum atomic E-state index is 14.8. The molecule has 116 valence electrons. The molecule has 2 atom stereocenters. The number of aromatic nitrogens is 1. The van der Waals surface area contributed by atoms with Gasteiger partial charge < -0.3 is 10.2 Å². The molecule has 2 heterocycles. The van der Waals surface area contributed by atoms with Gasteiger partial charge in [0.2, 0.25) is 0 Å². The number of nitrogens with one attached hydrogen (secondary N) is 1. The third kappa shape index (κ3) is 3.05. The highest BCUT2D eigenvalue weighted by Gasteiger charge is 2.36. The monoisotopic (exact) mass is 291 g/mol. The highest BCUT2D eigenvalue weighted by atomic mass is 19.1. The van der Waals surface area contributed by atoms with Gasteiger partial charge in [-0.1, -0.05) is 20.3 Å². The number of pyridine rings is 1. The fourth-order valence-electron chi connectivity index (χ4n) is 3.84. The van der Waals surface area contributed by atoms with Crippen LogP contribution in [0.2, 0.25) is 0 Å². The molecule has 3 rings (SSSR count). The zero-order valence-electron chi connectivity index (χ0n) is 13.1. The Morgan fingerprint density at radius 3 is 2.95 bits per heavy atom. The number of halogens is 1. The van der Waals surface area contributed by atoms with Crippen molar-refractivity contribution < 1.29 is 4.39 Å². The fraction of sp³-hybridized carbons (Fsp3) is 0.706. The summed E-state index contributed by atoms with van der Waals surface area (Å²) >= 11 is 0. The molecule has 1 aromatic rings. The Labute approximate surface area is 126 Å². The van der Waals surface area contributed by atoms with Crippen molar-refractivity contribution in [2.75, 3.05) is 11.4 Å². The van der Waals surface area contributed by atoms with E-state index < -0.39 is 0 Å². The number of hydrogen-bond acceptors (Lipinski definition) is 3. The molecule has 0 amide bonds. The average Bonchev–Trinajstić information content (AvgIpc) is 2.94. The zero-order valence-corrected chi connectivity index (χ0v) is 13.1. The molecule has 1 saturated carbocycles. The summed E-state index contributed by atoms with van der Waals surface area (Å²) in [6.07, 6.45) is 8.00. The number of piperidine rings is 1. The molecule has 1 aliphatic heterocycles. The van der Waals surface area contributed by atoms with Crippen LogP contribution in [0.3, 0.4) is 0 Å². The lowest BCUT2D eigenvalue weighted by Crippen LogP contribution is -2.43. The van der Waals surface area contributed by atoms with Gasteiger partial charge in [-0.3, -0.25) is 0 Å². The van der Waals surface area contributed by atoms with Crippen molar-refractivity contribution in [3.05, 3.63) is 23.6 Å². The smallest absolute Gasteiger partial charge is 0.170 e. The highest BCUT2D eigenvalue weighted by molar-refractivity contribution is 5.45. The van der Waals surface area contributed by atoms with E-state index in [1.54, 1.807) is 12.3 Å². The van der Waals surface area contributed by atoms with Gasteiger partial charge >= 0.3 is 0 Å². The van der Waals surface area contributed by atoms with E-state index in [0.717, 1.165) is 24.4 Å².